The normalized spacial score (nSPS) is 12.8. The second-order valence-electron chi connectivity index (χ2n) is 4.68. The molecule has 98 valence electrons. The first-order valence-electron chi connectivity index (χ1n) is 6.46. The van der Waals surface area contributed by atoms with Gasteiger partial charge < -0.3 is 5.32 Å². The van der Waals surface area contributed by atoms with E-state index >= 15 is 0 Å². The van der Waals surface area contributed by atoms with Crippen LogP contribution in [-0.4, -0.2) is 16.3 Å². The van der Waals surface area contributed by atoms with Crippen LogP contribution in [0.1, 0.15) is 34.7 Å². The quantitative estimate of drug-likeness (QED) is 0.868. The van der Waals surface area contributed by atoms with E-state index in [9.17, 15) is 0 Å². The van der Waals surface area contributed by atoms with Gasteiger partial charge in [-0.05, 0) is 44.0 Å². The number of aryl methyl sites for hydroxylation is 2. The highest BCUT2D eigenvalue weighted by molar-refractivity contribution is 7.12. The maximum Gasteiger partial charge on any atom is 0.0522 e. The summed E-state index contributed by atoms with van der Waals surface area (Å²) in [5, 5.41) is 7.87. The third-order valence-electron chi connectivity index (χ3n) is 2.94. The summed E-state index contributed by atoms with van der Waals surface area (Å²) in [7, 11) is 1.97. The van der Waals surface area contributed by atoms with E-state index in [1.807, 2.05) is 29.3 Å². The minimum absolute atomic E-state index is 0.410. The predicted molar refractivity (Wildman–Crippen MR) is 77.0 cm³/mol. The molecule has 0 spiro atoms. The first-order valence-corrected chi connectivity index (χ1v) is 7.28. The molecule has 0 radical (unpaired) electrons. The van der Waals surface area contributed by atoms with Crippen LogP contribution in [-0.2, 0) is 13.5 Å². The SMILES string of the molecule is CCCNC(Cc1cnn(C)c1)c1ccc(C)s1. The molecule has 1 atom stereocenters. The molecule has 3 nitrogen and oxygen atoms in total. The maximum atomic E-state index is 4.24. The van der Waals surface area contributed by atoms with Gasteiger partial charge >= 0.3 is 0 Å². The summed E-state index contributed by atoms with van der Waals surface area (Å²) in [6, 6.07) is 4.85. The van der Waals surface area contributed by atoms with Crippen LogP contribution >= 0.6 is 11.3 Å². The van der Waals surface area contributed by atoms with Crippen molar-refractivity contribution < 1.29 is 0 Å². The van der Waals surface area contributed by atoms with Crippen molar-refractivity contribution in [3.8, 4) is 0 Å². The highest BCUT2D eigenvalue weighted by Gasteiger charge is 2.14. The van der Waals surface area contributed by atoms with E-state index in [1.165, 1.54) is 15.3 Å². The van der Waals surface area contributed by atoms with Crippen molar-refractivity contribution in [2.24, 2.45) is 7.05 Å². The van der Waals surface area contributed by atoms with Gasteiger partial charge in [-0.15, -0.1) is 11.3 Å². The van der Waals surface area contributed by atoms with Gasteiger partial charge in [-0.25, -0.2) is 0 Å². The zero-order chi connectivity index (χ0) is 13.0. The number of hydrogen-bond acceptors (Lipinski definition) is 3. The van der Waals surface area contributed by atoms with Gasteiger partial charge in [0.25, 0.3) is 0 Å². The van der Waals surface area contributed by atoms with Crippen LogP contribution in [0, 0.1) is 6.92 Å². The fraction of sp³-hybridized carbons (Fsp3) is 0.500. The van der Waals surface area contributed by atoms with Gasteiger partial charge in [-0.2, -0.15) is 5.10 Å². The smallest absolute Gasteiger partial charge is 0.0522 e. The van der Waals surface area contributed by atoms with E-state index in [4.69, 9.17) is 0 Å². The molecule has 0 bridgehead atoms. The van der Waals surface area contributed by atoms with Crippen LogP contribution < -0.4 is 5.32 Å². The summed E-state index contributed by atoms with van der Waals surface area (Å²) in [5.41, 5.74) is 1.29. The Balaban J connectivity index is 2.09. The zero-order valence-corrected chi connectivity index (χ0v) is 12.1. The van der Waals surface area contributed by atoms with Crippen molar-refractivity contribution in [3.63, 3.8) is 0 Å². The molecule has 1 N–H and O–H groups in total. The zero-order valence-electron chi connectivity index (χ0n) is 11.3. The van der Waals surface area contributed by atoms with Crippen LogP contribution in [0.25, 0.3) is 0 Å². The fourth-order valence-electron chi connectivity index (χ4n) is 2.05. The molecule has 0 fully saturated rings. The molecule has 0 amide bonds. The molecule has 2 heterocycles. The molecule has 0 saturated heterocycles. The molecule has 4 heteroatoms. The Morgan fingerprint density at radius 1 is 1.44 bits per heavy atom. The molecular formula is C14H21N3S. The van der Waals surface area contributed by atoms with Gasteiger partial charge in [0, 0.05) is 29.0 Å². The lowest BCUT2D eigenvalue weighted by atomic mass is 10.1. The van der Waals surface area contributed by atoms with Crippen molar-refractivity contribution in [1.29, 1.82) is 0 Å². The first-order chi connectivity index (χ1) is 8.69. The largest absolute Gasteiger partial charge is 0.309 e. The van der Waals surface area contributed by atoms with Gasteiger partial charge in [-0.3, -0.25) is 4.68 Å². The lowest BCUT2D eigenvalue weighted by molar-refractivity contribution is 0.536. The molecule has 0 aromatic carbocycles. The standard InChI is InChI=1S/C14H21N3S/c1-4-7-15-13(14-6-5-11(2)18-14)8-12-9-16-17(3)10-12/h5-6,9-10,13,15H,4,7-8H2,1-3H3. The van der Waals surface area contributed by atoms with Crippen molar-refractivity contribution >= 4 is 11.3 Å². The van der Waals surface area contributed by atoms with Crippen molar-refractivity contribution in [3.05, 3.63) is 39.8 Å². The summed E-state index contributed by atoms with van der Waals surface area (Å²) in [4.78, 5) is 2.80. The van der Waals surface area contributed by atoms with Crippen LogP contribution in [0.2, 0.25) is 0 Å². The van der Waals surface area contributed by atoms with Gasteiger partial charge in [0.1, 0.15) is 0 Å². The molecule has 0 aliphatic heterocycles. The Kier molecular flexibility index (Phi) is 4.55. The minimum atomic E-state index is 0.410. The molecular weight excluding hydrogens is 242 g/mol. The lowest BCUT2D eigenvalue weighted by Crippen LogP contribution is -2.23. The second-order valence-corrected chi connectivity index (χ2v) is 6.00. The molecule has 2 rings (SSSR count). The maximum absolute atomic E-state index is 4.24. The molecule has 18 heavy (non-hydrogen) atoms. The average Bonchev–Trinajstić information content (AvgIpc) is 2.93. The lowest BCUT2D eigenvalue weighted by Gasteiger charge is -2.16. The van der Waals surface area contributed by atoms with E-state index in [1.54, 1.807) is 0 Å². The number of aromatic nitrogens is 2. The van der Waals surface area contributed by atoms with E-state index in [0.717, 1.165) is 19.4 Å². The molecule has 2 aromatic heterocycles. The molecule has 2 aromatic rings. The Labute approximate surface area is 113 Å². The Bertz CT molecular complexity index is 487. The van der Waals surface area contributed by atoms with E-state index in [2.05, 4.69) is 42.6 Å². The number of nitrogens with zero attached hydrogens (tertiary/aromatic N) is 2. The van der Waals surface area contributed by atoms with Gasteiger partial charge in [-0.1, -0.05) is 6.92 Å². The Hall–Kier alpha value is -1.13. The Morgan fingerprint density at radius 3 is 2.83 bits per heavy atom. The number of hydrogen-bond donors (Lipinski definition) is 1. The third-order valence-corrected chi connectivity index (χ3v) is 4.06. The predicted octanol–water partition coefficient (Wildman–Crippen LogP) is 3.07. The van der Waals surface area contributed by atoms with Crippen molar-refractivity contribution in [1.82, 2.24) is 15.1 Å². The van der Waals surface area contributed by atoms with Gasteiger partial charge in [0.15, 0.2) is 0 Å². The molecule has 0 aliphatic carbocycles. The summed E-state index contributed by atoms with van der Waals surface area (Å²) in [5.74, 6) is 0. The summed E-state index contributed by atoms with van der Waals surface area (Å²) < 4.78 is 1.87. The summed E-state index contributed by atoms with van der Waals surface area (Å²) in [6.45, 7) is 5.42. The van der Waals surface area contributed by atoms with Crippen molar-refractivity contribution in [2.75, 3.05) is 6.54 Å². The summed E-state index contributed by atoms with van der Waals surface area (Å²) >= 11 is 1.88. The highest BCUT2D eigenvalue weighted by atomic mass is 32.1. The minimum Gasteiger partial charge on any atom is -0.309 e. The molecule has 0 aliphatic rings. The topological polar surface area (TPSA) is 29.9 Å². The summed E-state index contributed by atoms with van der Waals surface area (Å²) in [6.07, 6.45) is 6.23. The van der Waals surface area contributed by atoms with Crippen LogP contribution in [0.5, 0.6) is 0 Å². The van der Waals surface area contributed by atoms with E-state index in [0.29, 0.717) is 6.04 Å². The van der Waals surface area contributed by atoms with Crippen LogP contribution in [0.3, 0.4) is 0 Å². The monoisotopic (exact) mass is 263 g/mol. The highest BCUT2D eigenvalue weighted by Crippen LogP contribution is 2.25. The van der Waals surface area contributed by atoms with Gasteiger partial charge in [0.05, 0.1) is 6.20 Å². The fourth-order valence-corrected chi connectivity index (χ4v) is 3.00. The first kappa shape index (κ1) is 13.3. The second kappa shape index (κ2) is 6.16. The average molecular weight is 263 g/mol. The molecule has 0 saturated carbocycles. The van der Waals surface area contributed by atoms with Crippen molar-refractivity contribution in [2.45, 2.75) is 32.7 Å². The number of rotatable bonds is 6. The third kappa shape index (κ3) is 3.43. The van der Waals surface area contributed by atoms with Gasteiger partial charge in [0.2, 0.25) is 0 Å². The van der Waals surface area contributed by atoms with E-state index in [-0.39, 0.29) is 0 Å². The van der Waals surface area contributed by atoms with E-state index < -0.39 is 0 Å². The van der Waals surface area contributed by atoms with Crippen LogP contribution in [0.4, 0.5) is 0 Å². The Morgan fingerprint density at radius 2 is 2.28 bits per heavy atom. The molecule has 1 unspecified atom stereocenters. The number of nitrogens with one attached hydrogen (secondary N) is 1. The number of thiophene rings is 1. The van der Waals surface area contributed by atoms with Crippen LogP contribution in [0.15, 0.2) is 24.5 Å².